The Hall–Kier alpha value is -1.02. The molecular formula is C16H26N2. The van der Waals surface area contributed by atoms with Gasteiger partial charge in [0.05, 0.1) is 0 Å². The fourth-order valence-corrected chi connectivity index (χ4v) is 2.58. The van der Waals surface area contributed by atoms with Crippen LogP contribution in [0.3, 0.4) is 0 Å². The van der Waals surface area contributed by atoms with Crippen molar-refractivity contribution < 1.29 is 0 Å². The molecule has 0 aromatic heterocycles. The van der Waals surface area contributed by atoms with E-state index in [9.17, 15) is 0 Å². The van der Waals surface area contributed by atoms with Crippen molar-refractivity contribution in [3.63, 3.8) is 0 Å². The van der Waals surface area contributed by atoms with Gasteiger partial charge in [-0.2, -0.15) is 0 Å². The van der Waals surface area contributed by atoms with Crippen LogP contribution in [0.5, 0.6) is 0 Å². The van der Waals surface area contributed by atoms with Crippen LogP contribution in [-0.4, -0.2) is 31.1 Å². The monoisotopic (exact) mass is 246 g/mol. The fourth-order valence-electron chi connectivity index (χ4n) is 2.58. The lowest BCUT2D eigenvalue weighted by atomic mass is 10.0. The first-order chi connectivity index (χ1) is 8.65. The summed E-state index contributed by atoms with van der Waals surface area (Å²) in [5, 5.41) is 3.68. The van der Waals surface area contributed by atoms with Gasteiger partial charge in [-0.05, 0) is 63.0 Å². The van der Waals surface area contributed by atoms with Gasteiger partial charge < -0.3 is 10.2 Å². The molecule has 0 aliphatic carbocycles. The SMILES string of the molecule is CC(C)c1ccc(NC2CCCN(C)CC2)cc1. The minimum absolute atomic E-state index is 0.616. The summed E-state index contributed by atoms with van der Waals surface area (Å²) < 4.78 is 0. The first-order valence-corrected chi connectivity index (χ1v) is 7.20. The molecule has 1 aromatic rings. The number of rotatable bonds is 3. The molecular weight excluding hydrogens is 220 g/mol. The summed E-state index contributed by atoms with van der Waals surface area (Å²) in [6.45, 7) is 6.93. The Morgan fingerprint density at radius 1 is 1.11 bits per heavy atom. The molecule has 1 heterocycles. The molecule has 1 aliphatic rings. The van der Waals surface area contributed by atoms with Gasteiger partial charge in [-0.1, -0.05) is 26.0 Å². The number of hydrogen-bond donors (Lipinski definition) is 1. The number of anilines is 1. The van der Waals surface area contributed by atoms with E-state index in [1.54, 1.807) is 0 Å². The average molecular weight is 246 g/mol. The summed E-state index contributed by atoms with van der Waals surface area (Å²) in [6.07, 6.45) is 3.84. The zero-order valence-electron chi connectivity index (χ0n) is 11.9. The fraction of sp³-hybridized carbons (Fsp3) is 0.625. The van der Waals surface area contributed by atoms with E-state index in [1.165, 1.54) is 43.6 Å². The molecule has 1 unspecified atom stereocenters. The summed E-state index contributed by atoms with van der Waals surface area (Å²) in [5.74, 6) is 0.616. The quantitative estimate of drug-likeness (QED) is 0.874. The Bertz CT molecular complexity index is 356. The summed E-state index contributed by atoms with van der Waals surface area (Å²) in [5.41, 5.74) is 2.69. The molecule has 0 amide bonds. The summed E-state index contributed by atoms with van der Waals surface area (Å²) in [7, 11) is 2.22. The summed E-state index contributed by atoms with van der Waals surface area (Å²) >= 11 is 0. The molecule has 1 aliphatic heterocycles. The van der Waals surface area contributed by atoms with Crippen molar-refractivity contribution in [3.05, 3.63) is 29.8 Å². The predicted molar refractivity (Wildman–Crippen MR) is 79.3 cm³/mol. The number of nitrogens with one attached hydrogen (secondary N) is 1. The van der Waals surface area contributed by atoms with Crippen LogP contribution in [0.15, 0.2) is 24.3 Å². The molecule has 1 atom stereocenters. The topological polar surface area (TPSA) is 15.3 Å². The van der Waals surface area contributed by atoms with Crippen molar-refractivity contribution in [2.75, 3.05) is 25.5 Å². The molecule has 2 nitrogen and oxygen atoms in total. The highest BCUT2D eigenvalue weighted by Gasteiger charge is 2.14. The van der Waals surface area contributed by atoms with E-state index in [0.29, 0.717) is 12.0 Å². The highest BCUT2D eigenvalue weighted by Crippen LogP contribution is 2.20. The Kier molecular flexibility index (Phi) is 4.65. The normalized spacial score (nSPS) is 21.9. The lowest BCUT2D eigenvalue weighted by molar-refractivity contribution is 0.348. The van der Waals surface area contributed by atoms with E-state index in [2.05, 4.69) is 55.4 Å². The van der Waals surface area contributed by atoms with Gasteiger partial charge in [0.1, 0.15) is 0 Å². The minimum atomic E-state index is 0.616. The van der Waals surface area contributed by atoms with Gasteiger partial charge in [0, 0.05) is 11.7 Å². The molecule has 18 heavy (non-hydrogen) atoms. The van der Waals surface area contributed by atoms with Crippen molar-refractivity contribution in [3.8, 4) is 0 Å². The largest absolute Gasteiger partial charge is 0.382 e. The number of nitrogens with zero attached hydrogens (tertiary/aromatic N) is 1. The summed E-state index contributed by atoms with van der Waals surface area (Å²) in [6, 6.07) is 9.58. The lowest BCUT2D eigenvalue weighted by Gasteiger charge is -2.18. The number of benzene rings is 1. The van der Waals surface area contributed by atoms with Crippen LogP contribution in [0, 0.1) is 0 Å². The molecule has 0 spiro atoms. The Morgan fingerprint density at radius 3 is 2.50 bits per heavy atom. The van der Waals surface area contributed by atoms with Gasteiger partial charge in [0.15, 0.2) is 0 Å². The van der Waals surface area contributed by atoms with Gasteiger partial charge in [-0.3, -0.25) is 0 Å². The third-order valence-corrected chi connectivity index (χ3v) is 3.90. The zero-order valence-corrected chi connectivity index (χ0v) is 11.9. The smallest absolute Gasteiger partial charge is 0.0342 e. The number of hydrogen-bond acceptors (Lipinski definition) is 2. The van der Waals surface area contributed by atoms with Crippen molar-refractivity contribution in [2.45, 2.75) is 45.1 Å². The molecule has 1 N–H and O–H groups in total. The Labute approximate surface area is 111 Å². The van der Waals surface area contributed by atoms with E-state index in [-0.39, 0.29) is 0 Å². The first-order valence-electron chi connectivity index (χ1n) is 7.20. The van der Waals surface area contributed by atoms with Crippen molar-refractivity contribution >= 4 is 5.69 Å². The second-order valence-electron chi connectivity index (χ2n) is 5.85. The van der Waals surface area contributed by atoms with Crippen molar-refractivity contribution in [2.24, 2.45) is 0 Å². The second-order valence-corrected chi connectivity index (χ2v) is 5.85. The molecule has 0 radical (unpaired) electrons. The van der Waals surface area contributed by atoms with E-state index < -0.39 is 0 Å². The van der Waals surface area contributed by atoms with Crippen LogP contribution >= 0.6 is 0 Å². The van der Waals surface area contributed by atoms with Gasteiger partial charge in [-0.25, -0.2) is 0 Å². The molecule has 0 bridgehead atoms. The molecule has 2 rings (SSSR count). The average Bonchev–Trinajstić information content (AvgIpc) is 2.55. The molecule has 0 saturated carbocycles. The van der Waals surface area contributed by atoms with Gasteiger partial charge in [0.25, 0.3) is 0 Å². The van der Waals surface area contributed by atoms with E-state index in [4.69, 9.17) is 0 Å². The maximum Gasteiger partial charge on any atom is 0.0342 e. The van der Waals surface area contributed by atoms with Gasteiger partial charge in [0.2, 0.25) is 0 Å². The third-order valence-electron chi connectivity index (χ3n) is 3.90. The third kappa shape index (κ3) is 3.74. The first kappa shape index (κ1) is 13.4. The number of likely N-dealkylation sites (tertiary alicyclic amines) is 1. The molecule has 2 heteroatoms. The highest BCUT2D eigenvalue weighted by molar-refractivity contribution is 5.46. The van der Waals surface area contributed by atoms with E-state index in [1.807, 2.05) is 0 Å². The van der Waals surface area contributed by atoms with Crippen LogP contribution in [0.2, 0.25) is 0 Å². The van der Waals surface area contributed by atoms with E-state index in [0.717, 1.165) is 0 Å². The highest BCUT2D eigenvalue weighted by atomic mass is 15.1. The Morgan fingerprint density at radius 2 is 1.83 bits per heavy atom. The molecule has 1 saturated heterocycles. The molecule has 1 fully saturated rings. The predicted octanol–water partition coefficient (Wildman–Crippen LogP) is 3.71. The Balaban J connectivity index is 1.92. The van der Waals surface area contributed by atoms with Crippen LogP contribution in [0.4, 0.5) is 5.69 Å². The zero-order chi connectivity index (χ0) is 13.0. The van der Waals surface area contributed by atoms with Crippen molar-refractivity contribution in [1.82, 2.24) is 4.90 Å². The second kappa shape index (κ2) is 6.24. The van der Waals surface area contributed by atoms with Crippen molar-refractivity contribution in [1.29, 1.82) is 0 Å². The van der Waals surface area contributed by atoms with Crippen LogP contribution in [-0.2, 0) is 0 Å². The van der Waals surface area contributed by atoms with Crippen LogP contribution in [0.1, 0.15) is 44.6 Å². The van der Waals surface area contributed by atoms with Gasteiger partial charge >= 0.3 is 0 Å². The van der Waals surface area contributed by atoms with Gasteiger partial charge in [-0.15, -0.1) is 0 Å². The minimum Gasteiger partial charge on any atom is -0.382 e. The molecule has 100 valence electrons. The summed E-state index contributed by atoms with van der Waals surface area (Å²) in [4.78, 5) is 2.43. The maximum atomic E-state index is 3.68. The van der Waals surface area contributed by atoms with Crippen LogP contribution in [0.25, 0.3) is 0 Å². The molecule has 1 aromatic carbocycles. The standard InChI is InChI=1S/C16H26N2/c1-13(2)14-6-8-16(9-7-14)17-15-5-4-11-18(3)12-10-15/h6-9,13,15,17H,4-5,10-12H2,1-3H3. The van der Waals surface area contributed by atoms with Crippen LogP contribution < -0.4 is 5.32 Å². The maximum absolute atomic E-state index is 3.68. The lowest BCUT2D eigenvalue weighted by Crippen LogP contribution is -2.22. The van der Waals surface area contributed by atoms with E-state index >= 15 is 0 Å².